The number of carboxylic acids is 1. The maximum absolute atomic E-state index is 11.1. The Morgan fingerprint density at radius 1 is 1.53 bits per heavy atom. The van der Waals surface area contributed by atoms with E-state index >= 15 is 0 Å². The highest BCUT2D eigenvalue weighted by molar-refractivity contribution is 7.99. The quantitative estimate of drug-likeness (QED) is 0.798. The van der Waals surface area contributed by atoms with Crippen LogP contribution < -0.4 is 5.73 Å². The van der Waals surface area contributed by atoms with Crippen molar-refractivity contribution in [3.63, 3.8) is 0 Å². The molecule has 0 bridgehead atoms. The molecule has 19 heavy (non-hydrogen) atoms. The molecule has 2 atom stereocenters. The predicted octanol–water partition coefficient (Wildman–Crippen LogP) is 1.99. The molecule has 6 heteroatoms. The molecular weight excluding hydrogens is 262 g/mol. The van der Waals surface area contributed by atoms with Gasteiger partial charge in [-0.3, -0.25) is 4.79 Å². The van der Waals surface area contributed by atoms with Crippen LogP contribution in [0, 0.1) is 0 Å². The third kappa shape index (κ3) is 2.33. The molecule has 1 aliphatic rings. The number of hydrogen-bond acceptors (Lipinski definition) is 4. The Balaban J connectivity index is 1.74. The van der Waals surface area contributed by atoms with Crippen LogP contribution in [0.1, 0.15) is 19.3 Å². The molecule has 3 rings (SSSR count). The molecule has 0 aliphatic heterocycles. The number of aromatic amines is 1. The van der Waals surface area contributed by atoms with E-state index in [4.69, 9.17) is 10.8 Å². The number of H-pyrrole nitrogens is 1. The Labute approximate surface area is 114 Å². The van der Waals surface area contributed by atoms with Gasteiger partial charge in [0.1, 0.15) is 5.54 Å². The Kier molecular flexibility index (Phi) is 2.99. The number of carboxylic acid groups (broad SMARTS) is 1. The van der Waals surface area contributed by atoms with Crippen molar-refractivity contribution in [1.29, 1.82) is 0 Å². The van der Waals surface area contributed by atoms with Crippen molar-refractivity contribution in [3.05, 3.63) is 24.3 Å². The van der Waals surface area contributed by atoms with Crippen LogP contribution in [0.3, 0.4) is 0 Å². The summed E-state index contributed by atoms with van der Waals surface area (Å²) in [6.07, 6.45) is 1.83. The van der Waals surface area contributed by atoms with E-state index in [2.05, 4.69) is 9.97 Å². The molecule has 1 saturated carbocycles. The summed E-state index contributed by atoms with van der Waals surface area (Å²) in [5.74, 6) is -0.903. The van der Waals surface area contributed by atoms with Crippen LogP contribution in [0.5, 0.6) is 0 Å². The zero-order valence-electron chi connectivity index (χ0n) is 10.3. The van der Waals surface area contributed by atoms with Crippen LogP contribution in [0.4, 0.5) is 0 Å². The van der Waals surface area contributed by atoms with Crippen LogP contribution in [0.25, 0.3) is 11.0 Å². The lowest BCUT2D eigenvalue weighted by Gasteiger charge is -2.17. The fourth-order valence-electron chi connectivity index (χ4n) is 2.47. The largest absolute Gasteiger partial charge is 0.480 e. The van der Waals surface area contributed by atoms with Crippen molar-refractivity contribution >= 4 is 28.8 Å². The standard InChI is InChI=1S/C13H15N3O2S/c14-13(11(17)18)6-5-8(7-13)19-12-15-9-3-1-2-4-10(9)16-12/h1-4,8H,5-7,14H2,(H,15,16)(H,17,18). The molecule has 0 saturated heterocycles. The third-order valence-corrected chi connectivity index (χ3v) is 4.73. The number of benzene rings is 1. The molecule has 4 N–H and O–H groups in total. The lowest BCUT2D eigenvalue weighted by atomic mass is 10.0. The smallest absolute Gasteiger partial charge is 0.323 e. The van der Waals surface area contributed by atoms with E-state index < -0.39 is 11.5 Å². The Bertz CT molecular complexity index is 594. The van der Waals surface area contributed by atoms with Gasteiger partial charge in [-0.2, -0.15) is 0 Å². The molecule has 1 aromatic carbocycles. The monoisotopic (exact) mass is 277 g/mol. The molecule has 1 fully saturated rings. The van der Waals surface area contributed by atoms with Gasteiger partial charge in [-0.1, -0.05) is 23.9 Å². The molecule has 1 aliphatic carbocycles. The minimum Gasteiger partial charge on any atom is -0.480 e. The fourth-order valence-corrected chi connectivity index (χ4v) is 3.72. The van der Waals surface area contributed by atoms with Crippen LogP contribution in [0.2, 0.25) is 0 Å². The minimum absolute atomic E-state index is 0.210. The summed E-state index contributed by atoms with van der Waals surface area (Å²) in [7, 11) is 0. The second kappa shape index (κ2) is 4.54. The summed E-state index contributed by atoms with van der Waals surface area (Å²) in [6, 6.07) is 7.84. The highest BCUT2D eigenvalue weighted by Crippen LogP contribution is 2.38. The molecule has 100 valence electrons. The van der Waals surface area contributed by atoms with Crippen LogP contribution in [-0.4, -0.2) is 31.8 Å². The molecule has 2 aromatic rings. The molecule has 2 unspecified atom stereocenters. The average Bonchev–Trinajstić information content (AvgIpc) is 2.93. The molecule has 1 aromatic heterocycles. The number of fused-ring (bicyclic) bond motifs is 1. The minimum atomic E-state index is -1.07. The first-order valence-electron chi connectivity index (χ1n) is 6.20. The molecule has 0 spiro atoms. The molecular formula is C13H15N3O2S. The van der Waals surface area contributed by atoms with Gasteiger partial charge in [0.05, 0.1) is 11.0 Å². The molecule has 1 heterocycles. The maximum Gasteiger partial charge on any atom is 0.323 e. The summed E-state index contributed by atoms with van der Waals surface area (Å²) in [4.78, 5) is 18.8. The van der Waals surface area contributed by atoms with E-state index in [0.29, 0.717) is 12.8 Å². The predicted molar refractivity (Wildman–Crippen MR) is 74.1 cm³/mol. The van der Waals surface area contributed by atoms with Gasteiger partial charge in [0.15, 0.2) is 5.16 Å². The highest BCUT2D eigenvalue weighted by Gasteiger charge is 2.42. The summed E-state index contributed by atoms with van der Waals surface area (Å²) >= 11 is 1.59. The molecule has 5 nitrogen and oxygen atoms in total. The number of nitrogens with two attached hydrogens (primary N) is 1. The van der Waals surface area contributed by atoms with Gasteiger partial charge in [0.25, 0.3) is 0 Å². The van der Waals surface area contributed by atoms with Crippen LogP contribution in [0.15, 0.2) is 29.4 Å². The van der Waals surface area contributed by atoms with Crippen molar-refractivity contribution in [3.8, 4) is 0 Å². The first-order chi connectivity index (χ1) is 9.07. The van der Waals surface area contributed by atoms with Crippen molar-refractivity contribution in [2.75, 3.05) is 0 Å². The third-order valence-electron chi connectivity index (χ3n) is 3.58. The lowest BCUT2D eigenvalue weighted by molar-refractivity contribution is -0.143. The average molecular weight is 277 g/mol. The number of aliphatic carboxylic acids is 1. The topological polar surface area (TPSA) is 92.0 Å². The van der Waals surface area contributed by atoms with Gasteiger partial charge in [-0.15, -0.1) is 0 Å². The van der Waals surface area contributed by atoms with E-state index in [0.717, 1.165) is 22.6 Å². The second-order valence-corrected chi connectivity index (χ2v) is 6.29. The van der Waals surface area contributed by atoms with Gasteiger partial charge in [0, 0.05) is 5.25 Å². The Hall–Kier alpha value is -1.53. The Morgan fingerprint density at radius 3 is 3.00 bits per heavy atom. The number of thioether (sulfide) groups is 1. The second-order valence-electron chi connectivity index (χ2n) is 5.00. The number of nitrogens with one attached hydrogen (secondary N) is 1. The normalized spacial score (nSPS) is 26.9. The van der Waals surface area contributed by atoms with Crippen molar-refractivity contribution in [2.45, 2.75) is 35.2 Å². The number of para-hydroxylation sites is 2. The van der Waals surface area contributed by atoms with Gasteiger partial charge < -0.3 is 15.8 Å². The first kappa shape index (κ1) is 12.5. The van der Waals surface area contributed by atoms with Gasteiger partial charge in [0.2, 0.25) is 0 Å². The Morgan fingerprint density at radius 2 is 2.32 bits per heavy atom. The zero-order chi connectivity index (χ0) is 13.5. The van der Waals surface area contributed by atoms with Crippen LogP contribution in [-0.2, 0) is 4.79 Å². The van der Waals surface area contributed by atoms with Crippen molar-refractivity contribution in [2.24, 2.45) is 5.73 Å². The lowest BCUT2D eigenvalue weighted by Crippen LogP contribution is -2.45. The van der Waals surface area contributed by atoms with E-state index in [1.165, 1.54) is 0 Å². The van der Waals surface area contributed by atoms with E-state index in [1.54, 1.807) is 11.8 Å². The van der Waals surface area contributed by atoms with Gasteiger partial charge in [-0.05, 0) is 31.4 Å². The molecule has 0 amide bonds. The highest BCUT2D eigenvalue weighted by atomic mass is 32.2. The van der Waals surface area contributed by atoms with Crippen molar-refractivity contribution < 1.29 is 9.90 Å². The van der Waals surface area contributed by atoms with E-state index in [1.807, 2.05) is 24.3 Å². The zero-order valence-corrected chi connectivity index (χ0v) is 11.1. The summed E-state index contributed by atoms with van der Waals surface area (Å²) < 4.78 is 0. The van der Waals surface area contributed by atoms with E-state index in [9.17, 15) is 4.79 Å². The summed E-state index contributed by atoms with van der Waals surface area (Å²) in [5.41, 5.74) is 6.74. The number of carbonyl (C=O) groups is 1. The van der Waals surface area contributed by atoms with Gasteiger partial charge >= 0.3 is 5.97 Å². The summed E-state index contributed by atoms with van der Waals surface area (Å²) in [5, 5.41) is 10.2. The molecule has 0 radical (unpaired) electrons. The fraction of sp³-hybridized carbons (Fsp3) is 0.385. The number of hydrogen-bond donors (Lipinski definition) is 3. The summed E-state index contributed by atoms with van der Waals surface area (Å²) in [6.45, 7) is 0. The van der Waals surface area contributed by atoms with Crippen molar-refractivity contribution in [1.82, 2.24) is 9.97 Å². The number of nitrogens with zero attached hydrogens (tertiary/aromatic N) is 1. The number of rotatable bonds is 3. The number of imidazole rings is 1. The van der Waals surface area contributed by atoms with E-state index in [-0.39, 0.29) is 5.25 Å². The maximum atomic E-state index is 11.1. The SMILES string of the molecule is NC1(C(=O)O)CCC(Sc2nc3ccccc3[nH]2)C1. The first-order valence-corrected chi connectivity index (χ1v) is 7.08. The number of aromatic nitrogens is 2. The van der Waals surface area contributed by atoms with Crippen LogP contribution >= 0.6 is 11.8 Å². The van der Waals surface area contributed by atoms with Gasteiger partial charge in [-0.25, -0.2) is 4.98 Å².